The molecule has 0 bridgehead atoms. The van der Waals surface area contributed by atoms with Crippen LogP contribution in [-0.2, 0) is 19.7 Å². The maximum atomic E-state index is 13.4. The number of benzene rings is 2. The summed E-state index contributed by atoms with van der Waals surface area (Å²) in [5.74, 6) is -2.55. The van der Waals surface area contributed by atoms with Crippen LogP contribution in [0, 0.1) is 6.92 Å². The number of halogens is 1. The third-order valence-corrected chi connectivity index (χ3v) is 7.50. The number of amides is 1. The largest absolute Gasteiger partial charge is 0.507 e. The van der Waals surface area contributed by atoms with Crippen molar-refractivity contribution in [3.63, 3.8) is 0 Å². The Hall–Kier alpha value is -3.49. The number of thiazole rings is 1. The Morgan fingerprint density at radius 3 is 2.30 bits per heavy atom. The number of aryl methyl sites for hydroxylation is 1. The first kappa shape index (κ1) is 26.6. The maximum absolute atomic E-state index is 13.4. The average molecular weight is 539 g/mol. The van der Waals surface area contributed by atoms with Gasteiger partial charge in [0.1, 0.15) is 10.6 Å². The van der Waals surface area contributed by atoms with Crippen LogP contribution in [0.15, 0.2) is 54.1 Å². The highest BCUT2D eigenvalue weighted by molar-refractivity contribution is 7.17. The molecule has 0 spiro atoms. The Bertz CT molecular complexity index is 1400. The molecule has 7 nitrogen and oxygen atoms in total. The molecule has 1 N–H and O–H groups in total. The molecule has 9 heteroatoms. The van der Waals surface area contributed by atoms with Crippen LogP contribution in [0.2, 0.25) is 5.02 Å². The fourth-order valence-corrected chi connectivity index (χ4v) is 5.26. The Labute approximate surface area is 224 Å². The average Bonchev–Trinajstić information content (AvgIpc) is 3.35. The molecule has 1 atom stereocenters. The number of rotatable bonds is 5. The lowest BCUT2D eigenvalue weighted by Gasteiger charge is -2.24. The van der Waals surface area contributed by atoms with Gasteiger partial charge in [-0.2, -0.15) is 0 Å². The van der Waals surface area contributed by atoms with Crippen LogP contribution >= 0.6 is 22.9 Å². The van der Waals surface area contributed by atoms with Gasteiger partial charge in [0.15, 0.2) is 5.13 Å². The minimum Gasteiger partial charge on any atom is -0.507 e. The van der Waals surface area contributed by atoms with Gasteiger partial charge in [-0.25, -0.2) is 9.78 Å². The molecule has 4 rings (SSSR count). The molecule has 2 heterocycles. The zero-order chi connectivity index (χ0) is 27.1. The van der Waals surface area contributed by atoms with E-state index in [2.05, 4.69) is 25.8 Å². The van der Waals surface area contributed by atoms with Crippen molar-refractivity contribution in [3.05, 3.63) is 86.4 Å². The molecule has 1 saturated heterocycles. The molecule has 0 saturated carbocycles. The minimum absolute atomic E-state index is 0.0682. The first-order chi connectivity index (χ1) is 17.4. The van der Waals surface area contributed by atoms with Gasteiger partial charge in [0.2, 0.25) is 0 Å². The first-order valence-corrected chi connectivity index (χ1v) is 13.0. The fourth-order valence-electron chi connectivity index (χ4n) is 4.15. The third-order valence-electron chi connectivity index (χ3n) is 6.11. The number of nitrogens with zero attached hydrogens (tertiary/aromatic N) is 2. The standard InChI is InChI=1S/C28H27ClN2O5S/c1-6-36-26(35)24-15(2)30-27(37-24)31-21(16-7-11-18(12-8-16)28(3,4)5)20(23(33)25(31)34)22(32)17-9-13-19(29)14-10-17/h7-14,21,32H,6H2,1-5H3. The van der Waals surface area contributed by atoms with Crippen molar-refractivity contribution in [1.82, 2.24) is 4.98 Å². The molecule has 1 amide bonds. The second kappa shape index (κ2) is 10.1. The zero-order valence-corrected chi connectivity index (χ0v) is 22.7. The van der Waals surface area contributed by atoms with Crippen LogP contribution in [0.1, 0.15) is 65.8 Å². The summed E-state index contributed by atoms with van der Waals surface area (Å²) in [6.45, 7) is 9.80. The molecule has 1 aliphatic heterocycles. The monoisotopic (exact) mass is 538 g/mol. The van der Waals surface area contributed by atoms with E-state index in [1.54, 1.807) is 38.1 Å². The molecule has 2 aromatic carbocycles. The highest BCUT2D eigenvalue weighted by atomic mass is 35.5. The molecule has 0 aliphatic carbocycles. The number of ketones is 1. The predicted octanol–water partition coefficient (Wildman–Crippen LogP) is 6.21. The van der Waals surface area contributed by atoms with Gasteiger partial charge in [0, 0.05) is 10.6 Å². The molecular formula is C28H27ClN2O5S. The summed E-state index contributed by atoms with van der Waals surface area (Å²) >= 11 is 6.97. The van der Waals surface area contributed by atoms with Gasteiger partial charge in [-0.15, -0.1) is 0 Å². The summed E-state index contributed by atoms with van der Waals surface area (Å²) in [6.07, 6.45) is 0. The molecule has 0 radical (unpaired) electrons. The van der Waals surface area contributed by atoms with Crippen molar-refractivity contribution in [3.8, 4) is 0 Å². The number of carbonyl (C=O) groups excluding carboxylic acids is 3. The van der Waals surface area contributed by atoms with Gasteiger partial charge in [-0.3, -0.25) is 14.5 Å². The maximum Gasteiger partial charge on any atom is 0.350 e. The number of hydrogen-bond donors (Lipinski definition) is 1. The van der Waals surface area contributed by atoms with Crippen molar-refractivity contribution < 1.29 is 24.2 Å². The number of aliphatic hydroxyl groups excluding tert-OH is 1. The van der Waals surface area contributed by atoms with E-state index in [0.717, 1.165) is 16.9 Å². The number of hydrogen-bond acceptors (Lipinski definition) is 7. The summed E-state index contributed by atoms with van der Waals surface area (Å²) < 4.78 is 5.12. The van der Waals surface area contributed by atoms with E-state index in [1.165, 1.54) is 4.90 Å². The Morgan fingerprint density at radius 2 is 1.73 bits per heavy atom. The van der Waals surface area contributed by atoms with E-state index in [1.807, 2.05) is 24.3 Å². The molecular weight excluding hydrogens is 512 g/mol. The number of ether oxygens (including phenoxy) is 1. The van der Waals surface area contributed by atoms with Gasteiger partial charge in [-0.05, 0) is 54.7 Å². The third kappa shape index (κ3) is 5.04. The van der Waals surface area contributed by atoms with E-state index in [0.29, 0.717) is 21.8 Å². The Morgan fingerprint density at radius 1 is 1.11 bits per heavy atom. The second-order valence-electron chi connectivity index (χ2n) is 9.68. The lowest BCUT2D eigenvalue weighted by molar-refractivity contribution is -0.132. The minimum atomic E-state index is -0.953. The van der Waals surface area contributed by atoms with Crippen LogP contribution in [0.3, 0.4) is 0 Å². The molecule has 1 fully saturated rings. The van der Waals surface area contributed by atoms with Gasteiger partial charge < -0.3 is 9.84 Å². The zero-order valence-electron chi connectivity index (χ0n) is 21.2. The lowest BCUT2D eigenvalue weighted by atomic mass is 9.85. The number of carbonyl (C=O) groups is 3. The van der Waals surface area contributed by atoms with Crippen molar-refractivity contribution >= 4 is 51.5 Å². The molecule has 1 unspecified atom stereocenters. The number of anilines is 1. The van der Waals surface area contributed by atoms with E-state index >= 15 is 0 Å². The van der Waals surface area contributed by atoms with Crippen LogP contribution in [0.25, 0.3) is 5.76 Å². The highest BCUT2D eigenvalue weighted by Crippen LogP contribution is 2.44. The quantitative estimate of drug-likeness (QED) is 0.180. The van der Waals surface area contributed by atoms with Crippen molar-refractivity contribution in [2.75, 3.05) is 11.5 Å². The topological polar surface area (TPSA) is 96.8 Å². The molecule has 192 valence electrons. The van der Waals surface area contributed by atoms with E-state index in [-0.39, 0.29) is 33.4 Å². The summed E-state index contributed by atoms with van der Waals surface area (Å²) in [6, 6.07) is 13.0. The van der Waals surface area contributed by atoms with Crippen LogP contribution in [-0.4, -0.2) is 34.4 Å². The number of aromatic nitrogens is 1. The van der Waals surface area contributed by atoms with Crippen LogP contribution in [0.4, 0.5) is 5.13 Å². The van der Waals surface area contributed by atoms with E-state index in [9.17, 15) is 19.5 Å². The first-order valence-electron chi connectivity index (χ1n) is 11.8. The summed E-state index contributed by atoms with van der Waals surface area (Å²) in [5, 5.41) is 11.9. The Kier molecular flexibility index (Phi) is 7.26. The molecule has 1 aliphatic rings. The normalized spacial score (nSPS) is 17.4. The number of Topliss-reactive ketones (excluding diaryl/α,β-unsaturated/α-hetero) is 1. The van der Waals surface area contributed by atoms with Gasteiger partial charge in [-0.1, -0.05) is 68.0 Å². The van der Waals surface area contributed by atoms with Crippen molar-refractivity contribution in [2.45, 2.75) is 46.1 Å². The lowest BCUT2D eigenvalue weighted by Crippen LogP contribution is -2.29. The van der Waals surface area contributed by atoms with Crippen molar-refractivity contribution in [1.29, 1.82) is 0 Å². The predicted molar refractivity (Wildman–Crippen MR) is 144 cm³/mol. The molecule has 3 aromatic rings. The van der Waals surface area contributed by atoms with Gasteiger partial charge in [0.05, 0.1) is 23.9 Å². The van der Waals surface area contributed by atoms with Crippen LogP contribution < -0.4 is 4.90 Å². The highest BCUT2D eigenvalue weighted by Gasteiger charge is 2.48. The Balaban J connectivity index is 1.91. The van der Waals surface area contributed by atoms with Crippen LogP contribution in [0.5, 0.6) is 0 Å². The van der Waals surface area contributed by atoms with Crippen molar-refractivity contribution in [2.24, 2.45) is 0 Å². The number of aliphatic hydroxyl groups is 1. The summed E-state index contributed by atoms with van der Waals surface area (Å²) in [5.41, 5.74) is 2.25. The van der Waals surface area contributed by atoms with Gasteiger partial charge in [0.25, 0.3) is 5.78 Å². The van der Waals surface area contributed by atoms with E-state index in [4.69, 9.17) is 16.3 Å². The number of esters is 1. The van der Waals surface area contributed by atoms with E-state index < -0.39 is 23.7 Å². The fraction of sp³-hybridized carbons (Fsp3) is 0.286. The second-order valence-corrected chi connectivity index (χ2v) is 11.1. The SMILES string of the molecule is CCOC(=O)c1sc(N2C(=O)C(=O)C(=C(O)c3ccc(Cl)cc3)C2c2ccc(C(C)(C)C)cc2)nc1C. The summed E-state index contributed by atoms with van der Waals surface area (Å²) in [7, 11) is 0. The molecule has 37 heavy (non-hydrogen) atoms. The smallest absolute Gasteiger partial charge is 0.350 e. The summed E-state index contributed by atoms with van der Waals surface area (Å²) in [4.78, 5) is 45.1. The molecule has 1 aromatic heterocycles. The van der Waals surface area contributed by atoms with Gasteiger partial charge >= 0.3 is 11.9 Å².